The first-order chi connectivity index (χ1) is 13.5. The highest BCUT2D eigenvalue weighted by molar-refractivity contribution is 6.05. The zero-order valence-electron chi connectivity index (χ0n) is 16.4. The second-order valence-corrected chi connectivity index (χ2v) is 8.03. The molecule has 1 aromatic carbocycles. The minimum absolute atomic E-state index is 0.134. The number of carbonyl (C=O) groups excluding carboxylic acids is 3. The first-order valence-corrected chi connectivity index (χ1v) is 10.1. The molecule has 4 rings (SSSR count). The van der Waals surface area contributed by atoms with Crippen molar-refractivity contribution in [1.29, 1.82) is 0 Å². The zero-order valence-corrected chi connectivity index (χ0v) is 16.4. The van der Waals surface area contributed by atoms with Crippen LogP contribution in [-0.2, 0) is 16.1 Å². The number of benzene rings is 1. The van der Waals surface area contributed by atoms with Crippen LogP contribution in [-0.4, -0.2) is 59.3 Å². The van der Waals surface area contributed by atoms with Gasteiger partial charge in [-0.3, -0.25) is 24.6 Å². The molecular weight excluding hydrogens is 358 g/mol. The van der Waals surface area contributed by atoms with Gasteiger partial charge < -0.3 is 9.64 Å². The molecule has 3 atom stereocenters. The number of carbonyl (C=O) groups is 3. The molecule has 0 spiro atoms. The molecule has 2 saturated heterocycles. The van der Waals surface area contributed by atoms with Crippen LogP contribution in [0.25, 0.3) is 0 Å². The van der Waals surface area contributed by atoms with Crippen LogP contribution in [0.1, 0.15) is 49.0 Å². The number of amides is 3. The Balaban J connectivity index is 1.48. The van der Waals surface area contributed by atoms with Crippen molar-refractivity contribution in [3.8, 4) is 5.75 Å². The van der Waals surface area contributed by atoms with E-state index in [0.29, 0.717) is 24.4 Å². The molecular formula is C21H27N3O4. The quantitative estimate of drug-likeness (QED) is 0.796. The summed E-state index contributed by atoms with van der Waals surface area (Å²) in [5.74, 6) is 0.441. The number of likely N-dealkylation sites (N-methyl/N-ethyl adjacent to an activating group) is 1. The summed E-state index contributed by atoms with van der Waals surface area (Å²) in [5, 5.41) is 2.33. The average Bonchev–Trinajstić information content (AvgIpc) is 2.99. The Morgan fingerprint density at radius 3 is 2.79 bits per heavy atom. The number of fused-ring (bicyclic) bond motifs is 1. The van der Waals surface area contributed by atoms with E-state index in [0.717, 1.165) is 37.4 Å². The zero-order chi connectivity index (χ0) is 19.8. The Kier molecular flexibility index (Phi) is 5.10. The molecule has 0 radical (unpaired) electrons. The lowest BCUT2D eigenvalue weighted by atomic mass is 9.96. The maximum atomic E-state index is 12.8. The third-order valence-electron chi connectivity index (χ3n) is 6.20. The lowest BCUT2D eigenvalue weighted by molar-refractivity contribution is -0.136. The molecule has 0 bridgehead atoms. The van der Waals surface area contributed by atoms with E-state index in [1.165, 1.54) is 0 Å². The number of hydrogen-bond acceptors (Lipinski definition) is 5. The predicted molar refractivity (Wildman–Crippen MR) is 103 cm³/mol. The van der Waals surface area contributed by atoms with Gasteiger partial charge >= 0.3 is 0 Å². The molecule has 3 aliphatic rings. The Labute approximate surface area is 165 Å². The molecule has 3 amide bonds. The van der Waals surface area contributed by atoms with Crippen molar-refractivity contribution in [3.05, 3.63) is 29.3 Å². The van der Waals surface area contributed by atoms with Crippen molar-refractivity contribution in [2.75, 3.05) is 19.6 Å². The van der Waals surface area contributed by atoms with E-state index in [1.54, 1.807) is 11.0 Å². The fourth-order valence-electron chi connectivity index (χ4n) is 4.34. The van der Waals surface area contributed by atoms with Crippen LogP contribution in [0.4, 0.5) is 0 Å². The second-order valence-electron chi connectivity index (χ2n) is 8.03. The normalized spacial score (nSPS) is 28.3. The summed E-state index contributed by atoms with van der Waals surface area (Å²) in [7, 11) is 0. The summed E-state index contributed by atoms with van der Waals surface area (Å²) < 4.78 is 6.28. The topological polar surface area (TPSA) is 79.0 Å². The lowest BCUT2D eigenvalue weighted by Gasteiger charge is -2.36. The molecule has 2 fully saturated rings. The van der Waals surface area contributed by atoms with Gasteiger partial charge in [-0.2, -0.15) is 0 Å². The van der Waals surface area contributed by atoms with Crippen molar-refractivity contribution >= 4 is 17.7 Å². The largest absolute Gasteiger partial charge is 0.489 e. The molecule has 0 aliphatic carbocycles. The van der Waals surface area contributed by atoms with Gasteiger partial charge in [-0.05, 0) is 55.6 Å². The highest BCUT2D eigenvalue weighted by atomic mass is 16.5. The number of rotatable bonds is 4. The van der Waals surface area contributed by atoms with Crippen molar-refractivity contribution in [2.24, 2.45) is 5.92 Å². The van der Waals surface area contributed by atoms with E-state index < -0.39 is 6.04 Å². The van der Waals surface area contributed by atoms with E-state index in [4.69, 9.17) is 4.74 Å². The Morgan fingerprint density at radius 2 is 2.04 bits per heavy atom. The predicted octanol–water partition coefficient (Wildman–Crippen LogP) is 1.56. The third kappa shape index (κ3) is 3.51. The number of imide groups is 1. The van der Waals surface area contributed by atoms with Gasteiger partial charge in [0.2, 0.25) is 11.8 Å². The molecule has 3 heterocycles. The lowest BCUT2D eigenvalue weighted by Crippen LogP contribution is -2.52. The summed E-state index contributed by atoms with van der Waals surface area (Å²) >= 11 is 0. The number of nitrogens with one attached hydrogen (secondary N) is 1. The van der Waals surface area contributed by atoms with E-state index in [1.807, 2.05) is 12.1 Å². The summed E-state index contributed by atoms with van der Waals surface area (Å²) in [4.78, 5) is 40.3. The van der Waals surface area contributed by atoms with Gasteiger partial charge in [-0.25, -0.2) is 0 Å². The molecule has 7 heteroatoms. The van der Waals surface area contributed by atoms with Gasteiger partial charge in [0, 0.05) is 25.1 Å². The molecule has 7 nitrogen and oxygen atoms in total. The van der Waals surface area contributed by atoms with Crippen molar-refractivity contribution in [1.82, 2.24) is 15.1 Å². The van der Waals surface area contributed by atoms with Gasteiger partial charge in [0.25, 0.3) is 5.91 Å². The van der Waals surface area contributed by atoms with E-state index >= 15 is 0 Å². The summed E-state index contributed by atoms with van der Waals surface area (Å²) in [6, 6.07) is 4.99. The Morgan fingerprint density at radius 1 is 1.21 bits per heavy atom. The second kappa shape index (κ2) is 7.54. The van der Waals surface area contributed by atoms with Gasteiger partial charge in [0.05, 0.1) is 0 Å². The number of nitrogens with zero attached hydrogens (tertiary/aromatic N) is 2. The highest BCUT2D eigenvalue weighted by Crippen LogP contribution is 2.31. The number of hydrogen-bond donors (Lipinski definition) is 1. The molecule has 0 saturated carbocycles. The molecule has 1 aromatic rings. The first-order valence-electron chi connectivity index (χ1n) is 10.1. The first kappa shape index (κ1) is 18.9. The Hall–Kier alpha value is -2.41. The molecule has 150 valence electrons. The van der Waals surface area contributed by atoms with Gasteiger partial charge in [0.1, 0.15) is 17.9 Å². The van der Waals surface area contributed by atoms with Crippen molar-refractivity contribution in [3.63, 3.8) is 0 Å². The number of ether oxygens (including phenoxy) is 1. The molecule has 28 heavy (non-hydrogen) atoms. The Bertz CT molecular complexity index is 809. The average molecular weight is 385 g/mol. The fourth-order valence-corrected chi connectivity index (χ4v) is 4.34. The monoisotopic (exact) mass is 385 g/mol. The maximum absolute atomic E-state index is 12.8. The van der Waals surface area contributed by atoms with Gasteiger partial charge in [-0.15, -0.1) is 0 Å². The van der Waals surface area contributed by atoms with Crippen molar-refractivity contribution < 1.29 is 19.1 Å². The van der Waals surface area contributed by atoms with Crippen LogP contribution >= 0.6 is 0 Å². The van der Waals surface area contributed by atoms with Crippen LogP contribution in [0.3, 0.4) is 0 Å². The van der Waals surface area contributed by atoms with E-state index in [2.05, 4.69) is 24.1 Å². The summed E-state index contributed by atoms with van der Waals surface area (Å²) in [6.45, 7) is 7.80. The highest BCUT2D eigenvalue weighted by Gasteiger charge is 2.39. The van der Waals surface area contributed by atoms with Crippen LogP contribution in [0.15, 0.2) is 18.2 Å². The van der Waals surface area contributed by atoms with Crippen molar-refractivity contribution in [2.45, 2.75) is 51.8 Å². The smallest absolute Gasteiger partial charge is 0.255 e. The van der Waals surface area contributed by atoms with Crippen LogP contribution < -0.4 is 10.1 Å². The molecule has 0 unspecified atom stereocenters. The maximum Gasteiger partial charge on any atom is 0.255 e. The minimum Gasteiger partial charge on any atom is -0.489 e. The molecule has 0 aromatic heterocycles. The SMILES string of the molecule is CCN1CC[C@@H](C)[C@H](Oc2ccc3c(c2)CN([C@@H]2CCC(=O)NC2=O)C3=O)C1. The van der Waals surface area contributed by atoms with E-state index in [9.17, 15) is 14.4 Å². The van der Waals surface area contributed by atoms with Gasteiger partial charge in [-0.1, -0.05) is 13.8 Å². The molecule has 3 aliphatic heterocycles. The summed E-state index contributed by atoms with van der Waals surface area (Å²) in [6.07, 6.45) is 1.89. The van der Waals surface area contributed by atoms with Crippen LogP contribution in [0, 0.1) is 5.92 Å². The van der Waals surface area contributed by atoms with Crippen LogP contribution in [0.5, 0.6) is 5.75 Å². The number of likely N-dealkylation sites (tertiary alicyclic amines) is 1. The summed E-state index contributed by atoms with van der Waals surface area (Å²) in [5.41, 5.74) is 1.49. The van der Waals surface area contributed by atoms with E-state index in [-0.39, 0.29) is 30.2 Å². The third-order valence-corrected chi connectivity index (χ3v) is 6.20. The fraction of sp³-hybridized carbons (Fsp3) is 0.571. The molecule has 1 N–H and O–H groups in total. The number of piperidine rings is 2. The minimum atomic E-state index is -0.585. The van der Waals surface area contributed by atoms with Gasteiger partial charge in [0.15, 0.2) is 0 Å². The van der Waals surface area contributed by atoms with Crippen LogP contribution in [0.2, 0.25) is 0 Å². The standard InChI is InChI=1S/C21H27N3O4/c1-3-23-9-8-13(2)18(12-23)28-15-4-5-16-14(10-15)11-24(21(16)27)17-6-7-19(25)22-20(17)26/h4-5,10,13,17-18H,3,6-9,11-12H2,1-2H3,(H,22,25,26)/t13-,17-,18-/m1/s1.